The molecule has 0 aliphatic heterocycles. The third-order valence-corrected chi connectivity index (χ3v) is 3.09. The van der Waals surface area contributed by atoms with Crippen molar-refractivity contribution in [3.05, 3.63) is 22.5 Å². The Morgan fingerprint density at radius 2 is 1.95 bits per heavy atom. The molecule has 0 bridgehead atoms. The number of nitrogens with one attached hydrogen (secondary N) is 2. The Balaban J connectivity index is 2.69. The first-order valence-electron chi connectivity index (χ1n) is 6.53. The maximum atomic E-state index is 12.2. The van der Waals surface area contributed by atoms with E-state index in [0.717, 1.165) is 6.42 Å². The van der Waals surface area contributed by atoms with Crippen molar-refractivity contribution in [1.29, 1.82) is 0 Å². The number of esters is 1. The van der Waals surface area contributed by atoms with Gasteiger partial charge in [0.25, 0.3) is 0 Å². The predicted molar refractivity (Wildman–Crippen MR) is 75.3 cm³/mol. The van der Waals surface area contributed by atoms with Crippen LogP contribution in [0.2, 0.25) is 0 Å². The Kier molecular flexibility index (Phi) is 6.41. The molecule has 1 heterocycles. The average Bonchev–Trinajstić information content (AvgIpc) is 2.72. The van der Waals surface area contributed by atoms with Crippen LogP contribution in [0.3, 0.4) is 0 Å². The molecule has 1 aromatic heterocycles. The second-order valence-corrected chi connectivity index (χ2v) is 4.56. The SMILES string of the molecule is COCCCNCC(=O)c1c(C)[nH]c(C(=O)OC)c1C. The van der Waals surface area contributed by atoms with Gasteiger partial charge in [0.1, 0.15) is 5.69 Å². The van der Waals surface area contributed by atoms with Gasteiger partial charge in [0.05, 0.1) is 13.7 Å². The summed E-state index contributed by atoms with van der Waals surface area (Å²) in [7, 11) is 2.96. The van der Waals surface area contributed by atoms with Crippen molar-refractivity contribution in [3.8, 4) is 0 Å². The molecule has 0 saturated heterocycles. The van der Waals surface area contributed by atoms with Crippen molar-refractivity contribution in [2.24, 2.45) is 0 Å². The topological polar surface area (TPSA) is 80.4 Å². The van der Waals surface area contributed by atoms with E-state index in [1.165, 1.54) is 7.11 Å². The number of aromatic amines is 1. The van der Waals surface area contributed by atoms with Crippen LogP contribution in [0, 0.1) is 13.8 Å². The molecular weight excluding hydrogens is 260 g/mol. The van der Waals surface area contributed by atoms with Crippen LogP contribution in [0.25, 0.3) is 0 Å². The van der Waals surface area contributed by atoms with Crippen LogP contribution < -0.4 is 5.32 Å². The standard InChI is InChI=1S/C14H22N2O4/c1-9-12(10(2)16-13(9)14(18)20-4)11(17)8-15-6-5-7-19-3/h15-16H,5-8H2,1-4H3. The van der Waals surface area contributed by atoms with E-state index in [4.69, 9.17) is 4.74 Å². The summed E-state index contributed by atoms with van der Waals surface area (Å²) in [6.07, 6.45) is 0.849. The third kappa shape index (κ3) is 3.91. The summed E-state index contributed by atoms with van der Waals surface area (Å²) >= 11 is 0. The van der Waals surface area contributed by atoms with Gasteiger partial charge in [0, 0.05) is 25.0 Å². The average molecular weight is 282 g/mol. The van der Waals surface area contributed by atoms with Gasteiger partial charge < -0.3 is 19.8 Å². The van der Waals surface area contributed by atoms with E-state index in [9.17, 15) is 9.59 Å². The molecule has 0 aliphatic rings. The maximum absolute atomic E-state index is 12.2. The molecule has 2 N–H and O–H groups in total. The van der Waals surface area contributed by atoms with Crippen LogP contribution in [0.15, 0.2) is 0 Å². The Morgan fingerprint density at radius 1 is 1.25 bits per heavy atom. The Hall–Kier alpha value is -1.66. The number of aromatic nitrogens is 1. The highest BCUT2D eigenvalue weighted by atomic mass is 16.5. The van der Waals surface area contributed by atoms with Crippen LogP contribution in [0.1, 0.15) is 38.5 Å². The summed E-state index contributed by atoms with van der Waals surface area (Å²) in [5.41, 5.74) is 2.22. The van der Waals surface area contributed by atoms with Crippen LogP contribution in [-0.4, -0.2) is 50.7 Å². The number of ether oxygens (including phenoxy) is 2. The summed E-state index contributed by atoms with van der Waals surface area (Å²) in [6.45, 7) is 5.14. The molecule has 0 radical (unpaired) electrons. The first kappa shape index (κ1) is 16.4. The van der Waals surface area contributed by atoms with Crippen LogP contribution >= 0.6 is 0 Å². The minimum Gasteiger partial charge on any atom is -0.464 e. The summed E-state index contributed by atoms with van der Waals surface area (Å²) < 4.78 is 9.61. The number of carbonyl (C=O) groups excluding carboxylic acids is 2. The number of methoxy groups -OCH3 is 2. The van der Waals surface area contributed by atoms with Crippen molar-refractivity contribution < 1.29 is 19.1 Å². The zero-order valence-electron chi connectivity index (χ0n) is 12.5. The number of hydrogen-bond acceptors (Lipinski definition) is 5. The smallest absolute Gasteiger partial charge is 0.354 e. The number of aryl methyl sites for hydroxylation is 1. The van der Waals surface area contributed by atoms with E-state index in [1.54, 1.807) is 21.0 Å². The van der Waals surface area contributed by atoms with Crippen LogP contribution in [0.4, 0.5) is 0 Å². The Bertz CT molecular complexity index is 480. The molecule has 0 unspecified atom stereocenters. The van der Waals surface area contributed by atoms with Crippen molar-refractivity contribution >= 4 is 11.8 Å². The lowest BCUT2D eigenvalue weighted by atomic mass is 10.1. The second kappa shape index (κ2) is 7.81. The highest BCUT2D eigenvalue weighted by Crippen LogP contribution is 2.18. The second-order valence-electron chi connectivity index (χ2n) is 4.56. The van der Waals surface area contributed by atoms with Crippen molar-refractivity contribution in [1.82, 2.24) is 10.3 Å². The van der Waals surface area contributed by atoms with Gasteiger partial charge in [-0.3, -0.25) is 4.79 Å². The molecule has 1 rings (SSSR count). The highest BCUT2D eigenvalue weighted by molar-refractivity contribution is 6.03. The van der Waals surface area contributed by atoms with E-state index in [-0.39, 0.29) is 12.3 Å². The van der Waals surface area contributed by atoms with Gasteiger partial charge in [-0.05, 0) is 32.4 Å². The molecular formula is C14H22N2O4. The molecule has 20 heavy (non-hydrogen) atoms. The van der Waals surface area contributed by atoms with Crippen molar-refractivity contribution in [3.63, 3.8) is 0 Å². The molecule has 0 aromatic carbocycles. The largest absolute Gasteiger partial charge is 0.464 e. The lowest BCUT2D eigenvalue weighted by molar-refractivity contribution is 0.0594. The van der Waals surface area contributed by atoms with Gasteiger partial charge in [-0.2, -0.15) is 0 Å². The van der Waals surface area contributed by atoms with Gasteiger partial charge >= 0.3 is 5.97 Å². The van der Waals surface area contributed by atoms with Crippen molar-refractivity contribution in [2.45, 2.75) is 20.3 Å². The van der Waals surface area contributed by atoms with E-state index < -0.39 is 5.97 Å². The molecule has 0 atom stereocenters. The molecule has 6 nitrogen and oxygen atoms in total. The van der Waals surface area contributed by atoms with Gasteiger partial charge in [0.15, 0.2) is 5.78 Å². The molecule has 0 aliphatic carbocycles. The number of carbonyl (C=O) groups is 2. The van der Waals surface area contributed by atoms with Crippen LogP contribution in [0.5, 0.6) is 0 Å². The lowest BCUT2D eigenvalue weighted by Crippen LogP contribution is -2.25. The fraction of sp³-hybridized carbons (Fsp3) is 0.571. The van der Waals surface area contributed by atoms with Crippen molar-refractivity contribution in [2.75, 3.05) is 33.9 Å². The lowest BCUT2D eigenvalue weighted by Gasteiger charge is -2.05. The molecule has 0 fully saturated rings. The summed E-state index contributed by atoms with van der Waals surface area (Å²) in [6, 6.07) is 0. The van der Waals surface area contributed by atoms with E-state index in [0.29, 0.717) is 35.7 Å². The van der Waals surface area contributed by atoms with E-state index >= 15 is 0 Å². The zero-order chi connectivity index (χ0) is 15.1. The number of H-pyrrole nitrogens is 1. The zero-order valence-corrected chi connectivity index (χ0v) is 12.5. The minimum atomic E-state index is -0.460. The number of ketones is 1. The predicted octanol–water partition coefficient (Wildman–Crippen LogP) is 1.23. The molecule has 0 amide bonds. The number of Topliss-reactive ketones (excluding diaryl/α,β-unsaturated/α-hetero) is 1. The minimum absolute atomic E-state index is 0.0381. The Morgan fingerprint density at radius 3 is 2.55 bits per heavy atom. The molecule has 0 spiro atoms. The fourth-order valence-electron chi connectivity index (χ4n) is 2.11. The molecule has 112 valence electrons. The third-order valence-electron chi connectivity index (χ3n) is 3.09. The number of rotatable bonds is 8. The summed E-state index contributed by atoms with van der Waals surface area (Å²) in [5, 5.41) is 3.07. The first-order chi connectivity index (χ1) is 9.52. The van der Waals surface area contributed by atoms with Crippen LogP contribution in [-0.2, 0) is 9.47 Å². The summed E-state index contributed by atoms with van der Waals surface area (Å²) in [5.74, 6) is -0.499. The quantitative estimate of drug-likeness (QED) is 0.426. The normalized spacial score (nSPS) is 10.6. The van der Waals surface area contributed by atoms with E-state index in [1.807, 2.05) is 0 Å². The molecule has 1 aromatic rings. The molecule has 0 saturated carbocycles. The van der Waals surface area contributed by atoms with Gasteiger partial charge in [0.2, 0.25) is 0 Å². The fourth-order valence-corrected chi connectivity index (χ4v) is 2.11. The van der Waals surface area contributed by atoms with Gasteiger partial charge in [-0.1, -0.05) is 0 Å². The highest BCUT2D eigenvalue weighted by Gasteiger charge is 2.21. The summed E-state index contributed by atoms with van der Waals surface area (Å²) in [4.78, 5) is 26.6. The van der Waals surface area contributed by atoms with E-state index in [2.05, 4.69) is 15.0 Å². The maximum Gasteiger partial charge on any atom is 0.354 e. The number of hydrogen-bond donors (Lipinski definition) is 2. The monoisotopic (exact) mass is 282 g/mol. The Labute approximate surface area is 118 Å². The first-order valence-corrected chi connectivity index (χ1v) is 6.53. The van der Waals surface area contributed by atoms with Gasteiger partial charge in [-0.25, -0.2) is 4.79 Å². The molecule has 6 heteroatoms. The van der Waals surface area contributed by atoms with Gasteiger partial charge in [-0.15, -0.1) is 0 Å².